The van der Waals surface area contributed by atoms with Crippen LogP contribution in [0.4, 0.5) is 0 Å². The summed E-state index contributed by atoms with van der Waals surface area (Å²) in [4.78, 5) is 24.4. The number of rotatable bonds is 7. The van der Waals surface area contributed by atoms with Crippen molar-refractivity contribution in [2.75, 3.05) is 27.2 Å². The largest absolute Gasteiger partial charge is 0.469 e. The van der Waals surface area contributed by atoms with E-state index in [0.717, 1.165) is 5.56 Å². The molecular formula is C14H20N2O3. The number of carbonyl (C=O) groups excluding carboxylic acids is 2. The monoisotopic (exact) mass is 264 g/mol. The first kappa shape index (κ1) is 15.2. The van der Waals surface area contributed by atoms with Gasteiger partial charge in [-0.3, -0.25) is 14.5 Å². The average Bonchev–Trinajstić information content (AvgIpc) is 2.43. The van der Waals surface area contributed by atoms with Crippen LogP contribution in [0.25, 0.3) is 0 Å². The molecule has 0 aliphatic rings. The van der Waals surface area contributed by atoms with Crippen LogP contribution in [0.15, 0.2) is 30.3 Å². The Balaban J connectivity index is 2.21. The van der Waals surface area contributed by atoms with Crippen LogP contribution in [0.2, 0.25) is 0 Å². The van der Waals surface area contributed by atoms with Crippen LogP contribution in [0, 0.1) is 0 Å². The molecule has 0 bridgehead atoms. The van der Waals surface area contributed by atoms with Gasteiger partial charge in [0.25, 0.3) is 0 Å². The Kier molecular flexibility index (Phi) is 6.60. The van der Waals surface area contributed by atoms with E-state index in [1.807, 2.05) is 30.3 Å². The first-order valence-corrected chi connectivity index (χ1v) is 6.18. The van der Waals surface area contributed by atoms with E-state index in [2.05, 4.69) is 10.1 Å². The second kappa shape index (κ2) is 8.26. The van der Waals surface area contributed by atoms with E-state index in [4.69, 9.17) is 0 Å². The molecule has 0 heterocycles. The standard InChI is InChI=1S/C14H20N2O3/c1-16(9-8-14(18)19-2)11-13(17)15-10-12-6-4-3-5-7-12/h3-7H,8-11H2,1-2H3,(H,15,17). The molecule has 0 aliphatic heterocycles. The van der Waals surface area contributed by atoms with Gasteiger partial charge < -0.3 is 10.1 Å². The van der Waals surface area contributed by atoms with Gasteiger partial charge in [0, 0.05) is 13.1 Å². The fraction of sp³-hybridized carbons (Fsp3) is 0.429. The Labute approximate surface area is 113 Å². The third-order valence-corrected chi connectivity index (χ3v) is 2.67. The molecule has 0 unspecified atom stereocenters. The molecule has 0 aliphatic carbocycles. The summed E-state index contributed by atoms with van der Waals surface area (Å²) in [7, 11) is 3.15. The summed E-state index contributed by atoms with van der Waals surface area (Å²) < 4.78 is 4.54. The third-order valence-electron chi connectivity index (χ3n) is 2.67. The van der Waals surface area contributed by atoms with Crippen molar-refractivity contribution in [1.29, 1.82) is 0 Å². The molecule has 0 aromatic heterocycles. The minimum absolute atomic E-state index is 0.0591. The van der Waals surface area contributed by atoms with E-state index < -0.39 is 0 Å². The van der Waals surface area contributed by atoms with Gasteiger partial charge in [0.05, 0.1) is 20.1 Å². The zero-order valence-electron chi connectivity index (χ0n) is 11.4. The molecule has 1 N–H and O–H groups in total. The number of hydrogen-bond acceptors (Lipinski definition) is 4. The van der Waals surface area contributed by atoms with Crippen molar-refractivity contribution in [3.05, 3.63) is 35.9 Å². The maximum absolute atomic E-state index is 11.7. The zero-order chi connectivity index (χ0) is 14.1. The first-order chi connectivity index (χ1) is 9.11. The molecule has 1 aromatic carbocycles. The highest BCUT2D eigenvalue weighted by molar-refractivity contribution is 5.78. The van der Waals surface area contributed by atoms with Crippen LogP contribution >= 0.6 is 0 Å². The second-order valence-corrected chi connectivity index (χ2v) is 4.33. The van der Waals surface area contributed by atoms with Crippen molar-refractivity contribution in [2.45, 2.75) is 13.0 Å². The smallest absolute Gasteiger partial charge is 0.306 e. The van der Waals surface area contributed by atoms with Crippen LogP contribution < -0.4 is 5.32 Å². The lowest BCUT2D eigenvalue weighted by molar-refractivity contribution is -0.141. The van der Waals surface area contributed by atoms with Crippen molar-refractivity contribution < 1.29 is 14.3 Å². The first-order valence-electron chi connectivity index (χ1n) is 6.18. The van der Waals surface area contributed by atoms with E-state index in [0.29, 0.717) is 19.5 Å². The molecule has 19 heavy (non-hydrogen) atoms. The lowest BCUT2D eigenvalue weighted by Gasteiger charge is -2.15. The minimum Gasteiger partial charge on any atom is -0.469 e. The van der Waals surface area contributed by atoms with Crippen molar-refractivity contribution in [3.63, 3.8) is 0 Å². The molecule has 0 atom stereocenters. The van der Waals surface area contributed by atoms with Gasteiger partial charge in [-0.1, -0.05) is 30.3 Å². The fourth-order valence-corrected chi connectivity index (χ4v) is 1.56. The minimum atomic E-state index is -0.267. The Morgan fingerprint density at radius 3 is 2.58 bits per heavy atom. The molecule has 104 valence electrons. The number of hydrogen-bond donors (Lipinski definition) is 1. The molecule has 5 nitrogen and oxygen atoms in total. The van der Waals surface area contributed by atoms with E-state index in [-0.39, 0.29) is 18.4 Å². The maximum atomic E-state index is 11.7. The zero-order valence-corrected chi connectivity index (χ0v) is 11.4. The van der Waals surface area contributed by atoms with Crippen molar-refractivity contribution in [2.24, 2.45) is 0 Å². The number of methoxy groups -OCH3 is 1. The second-order valence-electron chi connectivity index (χ2n) is 4.33. The summed E-state index contributed by atoms with van der Waals surface area (Å²) in [5.74, 6) is -0.326. The lowest BCUT2D eigenvalue weighted by atomic mass is 10.2. The third kappa shape index (κ3) is 6.57. The lowest BCUT2D eigenvalue weighted by Crippen LogP contribution is -2.35. The highest BCUT2D eigenvalue weighted by atomic mass is 16.5. The molecule has 1 rings (SSSR count). The average molecular weight is 264 g/mol. The molecule has 0 radical (unpaired) electrons. The highest BCUT2D eigenvalue weighted by Gasteiger charge is 2.08. The maximum Gasteiger partial charge on any atom is 0.306 e. The molecule has 0 saturated heterocycles. The molecule has 0 fully saturated rings. The fourth-order valence-electron chi connectivity index (χ4n) is 1.56. The van der Waals surface area contributed by atoms with Gasteiger partial charge in [-0.25, -0.2) is 0 Å². The van der Waals surface area contributed by atoms with Crippen LogP contribution in [-0.4, -0.2) is 44.0 Å². The Morgan fingerprint density at radius 2 is 1.95 bits per heavy atom. The van der Waals surface area contributed by atoms with Gasteiger partial charge in [-0.15, -0.1) is 0 Å². The van der Waals surface area contributed by atoms with Gasteiger partial charge in [0.15, 0.2) is 0 Å². The summed E-state index contributed by atoms with van der Waals surface area (Å²) in [6.45, 7) is 1.29. The van der Waals surface area contributed by atoms with E-state index in [9.17, 15) is 9.59 Å². The van der Waals surface area contributed by atoms with Crippen molar-refractivity contribution in [1.82, 2.24) is 10.2 Å². The number of nitrogens with one attached hydrogen (secondary N) is 1. The summed E-state index contributed by atoms with van der Waals surface area (Å²) in [6.07, 6.45) is 0.291. The molecule has 0 saturated carbocycles. The number of amides is 1. The van der Waals surface area contributed by atoms with Gasteiger partial charge >= 0.3 is 5.97 Å². The van der Waals surface area contributed by atoms with Gasteiger partial charge in [0.1, 0.15) is 0 Å². The SMILES string of the molecule is COC(=O)CCN(C)CC(=O)NCc1ccccc1. The number of nitrogens with zero attached hydrogens (tertiary/aromatic N) is 1. The predicted molar refractivity (Wildman–Crippen MR) is 72.4 cm³/mol. The summed E-state index contributed by atoms with van der Waals surface area (Å²) >= 11 is 0. The Bertz CT molecular complexity index is 406. The number of benzene rings is 1. The number of esters is 1. The van der Waals surface area contributed by atoms with E-state index in [1.165, 1.54) is 7.11 Å². The van der Waals surface area contributed by atoms with Crippen LogP contribution in [0.1, 0.15) is 12.0 Å². The van der Waals surface area contributed by atoms with Crippen LogP contribution in [0.5, 0.6) is 0 Å². The van der Waals surface area contributed by atoms with E-state index in [1.54, 1.807) is 11.9 Å². The van der Waals surface area contributed by atoms with E-state index >= 15 is 0 Å². The topological polar surface area (TPSA) is 58.6 Å². The quantitative estimate of drug-likeness (QED) is 0.740. The van der Waals surface area contributed by atoms with Gasteiger partial charge in [-0.2, -0.15) is 0 Å². The van der Waals surface area contributed by atoms with Crippen molar-refractivity contribution in [3.8, 4) is 0 Å². The van der Waals surface area contributed by atoms with Gasteiger partial charge in [-0.05, 0) is 12.6 Å². The number of ether oxygens (including phenoxy) is 1. The Hall–Kier alpha value is -1.88. The summed E-state index contributed by atoms with van der Waals surface area (Å²) in [5, 5.41) is 2.83. The predicted octanol–water partition coefficient (Wildman–Crippen LogP) is 0.798. The van der Waals surface area contributed by atoms with Crippen LogP contribution in [-0.2, 0) is 20.9 Å². The molecule has 1 amide bonds. The molecule has 1 aromatic rings. The highest BCUT2D eigenvalue weighted by Crippen LogP contribution is 1.97. The molecular weight excluding hydrogens is 244 g/mol. The number of carbonyl (C=O) groups is 2. The van der Waals surface area contributed by atoms with Crippen molar-refractivity contribution >= 4 is 11.9 Å². The van der Waals surface area contributed by atoms with Gasteiger partial charge in [0.2, 0.25) is 5.91 Å². The Morgan fingerprint density at radius 1 is 1.26 bits per heavy atom. The summed E-state index contributed by atoms with van der Waals surface area (Å²) in [6, 6.07) is 9.72. The summed E-state index contributed by atoms with van der Waals surface area (Å²) in [5.41, 5.74) is 1.06. The molecule has 0 spiro atoms. The van der Waals surface area contributed by atoms with Crippen LogP contribution in [0.3, 0.4) is 0 Å². The number of likely N-dealkylation sites (N-methyl/N-ethyl adjacent to an activating group) is 1. The normalized spacial score (nSPS) is 10.3. The molecule has 5 heteroatoms.